The number of ether oxygens (including phenoxy) is 1. The van der Waals surface area contributed by atoms with Gasteiger partial charge in [-0.2, -0.15) is 0 Å². The molecule has 0 bridgehead atoms. The van der Waals surface area contributed by atoms with Crippen molar-refractivity contribution in [2.24, 2.45) is 0 Å². The largest absolute Gasteiger partial charge is 0.484 e. The summed E-state index contributed by atoms with van der Waals surface area (Å²) in [6.45, 7) is 6.54. The van der Waals surface area contributed by atoms with E-state index in [2.05, 4.69) is 26.0 Å². The second kappa shape index (κ2) is 8.99. The number of nitrogens with zero attached hydrogens (tertiary/aromatic N) is 1. The highest BCUT2D eigenvalue weighted by atomic mass is 32.2. The molecule has 2 aromatic rings. The van der Waals surface area contributed by atoms with Crippen molar-refractivity contribution in [3.8, 4) is 5.75 Å². The maximum atomic E-state index is 13.0. The predicted molar refractivity (Wildman–Crippen MR) is 115 cm³/mol. The summed E-state index contributed by atoms with van der Waals surface area (Å²) in [4.78, 5) is 14.6. The minimum absolute atomic E-state index is 0.0212. The van der Waals surface area contributed by atoms with E-state index in [4.69, 9.17) is 4.74 Å². The number of carbonyl (C=O) groups excluding carboxylic acids is 1. The van der Waals surface area contributed by atoms with Crippen molar-refractivity contribution >= 4 is 15.7 Å². The number of benzene rings is 2. The van der Waals surface area contributed by atoms with E-state index < -0.39 is 9.84 Å². The highest BCUT2D eigenvalue weighted by Crippen LogP contribution is 2.22. The molecular formula is C23H29NO4S. The van der Waals surface area contributed by atoms with Crippen LogP contribution in [0.1, 0.15) is 42.9 Å². The van der Waals surface area contributed by atoms with E-state index in [-0.39, 0.29) is 30.1 Å². The van der Waals surface area contributed by atoms with E-state index in [0.29, 0.717) is 24.6 Å². The van der Waals surface area contributed by atoms with Crippen molar-refractivity contribution in [1.82, 2.24) is 4.90 Å². The molecule has 0 aliphatic carbocycles. The lowest BCUT2D eigenvalue weighted by Crippen LogP contribution is -2.43. The molecule has 2 aromatic carbocycles. The molecule has 1 aliphatic heterocycles. The summed E-state index contributed by atoms with van der Waals surface area (Å²) >= 11 is 0. The van der Waals surface area contributed by atoms with Gasteiger partial charge in [-0.05, 0) is 42.5 Å². The van der Waals surface area contributed by atoms with Crippen LogP contribution in [0.3, 0.4) is 0 Å². The molecule has 5 nitrogen and oxygen atoms in total. The fourth-order valence-electron chi connectivity index (χ4n) is 3.51. The first-order valence-electron chi connectivity index (χ1n) is 10.0. The third kappa shape index (κ3) is 5.82. The quantitative estimate of drug-likeness (QED) is 0.692. The summed E-state index contributed by atoms with van der Waals surface area (Å²) in [6, 6.07) is 15.4. The minimum atomic E-state index is -3.09. The maximum absolute atomic E-state index is 13.0. The van der Waals surface area contributed by atoms with Crippen LogP contribution in [0.5, 0.6) is 5.75 Å². The predicted octanol–water partition coefficient (Wildman–Crippen LogP) is 3.71. The monoisotopic (exact) mass is 415 g/mol. The van der Waals surface area contributed by atoms with Crippen LogP contribution >= 0.6 is 0 Å². The molecule has 1 heterocycles. The molecule has 1 amide bonds. The molecule has 1 fully saturated rings. The fourth-order valence-corrected chi connectivity index (χ4v) is 5.24. The SMILES string of the molecule is Cc1ccc(OCC(=O)N(Cc2ccc(C(C)C)cc2)C2CCS(=O)(=O)C2)cc1. The Morgan fingerprint density at radius 3 is 2.31 bits per heavy atom. The summed E-state index contributed by atoms with van der Waals surface area (Å²) in [7, 11) is -3.09. The van der Waals surface area contributed by atoms with Crippen molar-refractivity contribution in [3.05, 3.63) is 65.2 Å². The zero-order chi connectivity index (χ0) is 21.0. The van der Waals surface area contributed by atoms with Gasteiger partial charge in [-0.3, -0.25) is 4.79 Å². The van der Waals surface area contributed by atoms with Crippen LogP contribution in [0.25, 0.3) is 0 Å². The van der Waals surface area contributed by atoms with E-state index in [0.717, 1.165) is 11.1 Å². The van der Waals surface area contributed by atoms with Crippen LogP contribution in [-0.4, -0.2) is 43.4 Å². The van der Waals surface area contributed by atoms with Gasteiger partial charge in [0.25, 0.3) is 5.91 Å². The highest BCUT2D eigenvalue weighted by Gasteiger charge is 2.34. The number of hydrogen-bond acceptors (Lipinski definition) is 4. The average Bonchev–Trinajstić information content (AvgIpc) is 3.05. The first-order chi connectivity index (χ1) is 13.7. The molecule has 156 valence electrons. The highest BCUT2D eigenvalue weighted by molar-refractivity contribution is 7.91. The molecule has 0 saturated carbocycles. The smallest absolute Gasteiger partial charge is 0.261 e. The Labute approximate surface area is 173 Å². The lowest BCUT2D eigenvalue weighted by atomic mass is 10.0. The topological polar surface area (TPSA) is 63.7 Å². The normalized spacial score (nSPS) is 18.0. The van der Waals surface area contributed by atoms with Gasteiger partial charge in [0.15, 0.2) is 16.4 Å². The van der Waals surface area contributed by atoms with Gasteiger partial charge in [-0.25, -0.2) is 8.42 Å². The van der Waals surface area contributed by atoms with E-state index in [1.807, 2.05) is 43.3 Å². The summed E-state index contributed by atoms with van der Waals surface area (Å²) in [5.74, 6) is 1.02. The Bertz CT molecular complexity index is 934. The van der Waals surface area contributed by atoms with Gasteiger partial charge >= 0.3 is 0 Å². The van der Waals surface area contributed by atoms with Crippen LogP contribution in [-0.2, 0) is 21.2 Å². The number of hydrogen-bond donors (Lipinski definition) is 0. The van der Waals surface area contributed by atoms with Crippen LogP contribution in [0.2, 0.25) is 0 Å². The van der Waals surface area contributed by atoms with E-state index >= 15 is 0 Å². The third-order valence-corrected chi connectivity index (χ3v) is 7.10. The lowest BCUT2D eigenvalue weighted by Gasteiger charge is -2.28. The van der Waals surface area contributed by atoms with Gasteiger partial charge in [-0.1, -0.05) is 55.8 Å². The zero-order valence-electron chi connectivity index (χ0n) is 17.3. The fraction of sp³-hybridized carbons (Fsp3) is 0.435. The summed E-state index contributed by atoms with van der Waals surface area (Å²) in [5, 5.41) is 0. The molecule has 0 radical (unpaired) electrons. The van der Waals surface area contributed by atoms with Crippen LogP contribution in [0.4, 0.5) is 0 Å². The Kier molecular flexibility index (Phi) is 6.63. The molecular weight excluding hydrogens is 386 g/mol. The van der Waals surface area contributed by atoms with Gasteiger partial charge in [0.1, 0.15) is 5.75 Å². The summed E-state index contributed by atoms with van der Waals surface area (Å²) in [6.07, 6.45) is 0.475. The van der Waals surface area contributed by atoms with Gasteiger partial charge in [-0.15, -0.1) is 0 Å². The van der Waals surface area contributed by atoms with Gasteiger partial charge in [0.2, 0.25) is 0 Å². The molecule has 1 saturated heterocycles. The summed E-state index contributed by atoms with van der Waals surface area (Å²) < 4.78 is 29.6. The standard InChI is InChI=1S/C23H29NO4S/c1-17(2)20-8-6-19(7-9-20)14-24(21-12-13-29(26,27)16-21)23(25)15-28-22-10-4-18(3)5-11-22/h4-11,17,21H,12-16H2,1-3H3. The van der Waals surface area contributed by atoms with Crippen molar-refractivity contribution in [2.75, 3.05) is 18.1 Å². The molecule has 6 heteroatoms. The minimum Gasteiger partial charge on any atom is -0.484 e. The van der Waals surface area contributed by atoms with Crippen molar-refractivity contribution < 1.29 is 17.9 Å². The van der Waals surface area contributed by atoms with Gasteiger partial charge < -0.3 is 9.64 Å². The number of carbonyl (C=O) groups is 1. The summed E-state index contributed by atoms with van der Waals surface area (Å²) in [5.41, 5.74) is 3.34. The van der Waals surface area contributed by atoms with Crippen molar-refractivity contribution in [2.45, 2.75) is 45.7 Å². The zero-order valence-corrected chi connectivity index (χ0v) is 18.1. The van der Waals surface area contributed by atoms with E-state index in [1.54, 1.807) is 4.90 Å². The molecule has 1 aliphatic rings. The number of sulfone groups is 1. The number of amides is 1. The molecule has 1 atom stereocenters. The van der Waals surface area contributed by atoms with Gasteiger partial charge in [0.05, 0.1) is 11.5 Å². The van der Waals surface area contributed by atoms with E-state index in [1.165, 1.54) is 5.56 Å². The Hall–Kier alpha value is -2.34. The van der Waals surface area contributed by atoms with Gasteiger partial charge in [0, 0.05) is 12.6 Å². The van der Waals surface area contributed by atoms with Crippen molar-refractivity contribution in [1.29, 1.82) is 0 Å². The molecule has 29 heavy (non-hydrogen) atoms. The molecule has 0 spiro atoms. The Morgan fingerprint density at radius 1 is 1.10 bits per heavy atom. The molecule has 1 unspecified atom stereocenters. The first kappa shape index (κ1) is 21.4. The Morgan fingerprint density at radius 2 is 1.76 bits per heavy atom. The average molecular weight is 416 g/mol. The Balaban J connectivity index is 1.73. The number of aryl methyl sites for hydroxylation is 1. The second-order valence-corrected chi connectivity index (χ2v) is 10.3. The molecule has 3 rings (SSSR count). The van der Waals surface area contributed by atoms with E-state index in [9.17, 15) is 13.2 Å². The van der Waals surface area contributed by atoms with Crippen LogP contribution < -0.4 is 4.74 Å². The molecule has 0 aromatic heterocycles. The van der Waals surface area contributed by atoms with Crippen LogP contribution in [0, 0.1) is 6.92 Å². The lowest BCUT2D eigenvalue weighted by molar-refractivity contribution is -0.136. The molecule has 0 N–H and O–H groups in total. The number of rotatable bonds is 7. The second-order valence-electron chi connectivity index (χ2n) is 8.08. The third-order valence-electron chi connectivity index (χ3n) is 5.35. The first-order valence-corrected chi connectivity index (χ1v) is 11.8. The maximum Gasteiger partial charge on any atom is 0.261 e. The van der Waals surface area contributed by atoms with Crippen molar-refractivity contribution in [3.63, 3.8) is 0 Å². The van der Waals surface area contributed by atoms with Crippen LogP contribution in [0.15, 0.2) is 48.5 Å².